The monoisotopic (exact) mass is 190 g/mol. The topological polar surface area (TPSA) is 41.8 Å². The lowest BCUT2D eigenvalue weighted by Crippen LogP contribution is -1.73. The van der Waals surface area contributed by atoms with Gasteiger partial charge >= 0.3 is 0 Å². The zero-order valence-corrected chi connectivity index (χ0v) is 7.76. The molecule has 1 aromatic carbocycles. The zero-order chi connectivity index (χ0) is 9.68. The van der Waals surface area contributed by atoms with Gasteiger partial charge in [0.05, 0.1) is 16.5 Å². The van der Waals surface area contributed by atoms with Crippen LogP contribution < -0.4 is 0 Å². The largest absolute Gasteiger partial charge is 0.240 e. The number of isothiocyanates is 1. The van der Waals surface area contributed by atoms with Gasteiger partial charge in [0, 0.05) is 0 Å². The number of rotatable bonds is 2. The molecule has 0 aliphatic rings. The molecule has 13 heavy (non-hydrogen) atoms. The van der Waals surface area contributed by atoms with Gasteiger partial charge in [0.15, 0.2) is 0 Å². The van der Waals surface area contributed by atoms with Crippen LogP contribution in [0.5, 0.6) is 0 Å². The maximum Gasteiger partial charge on any atom is 0.240 e. The summed E-state index contributed by atoms with van der Waals surface area (Å²) in [6.07, 6.45) is 1.46. The predicted molar refractivity (Wildman–Crippen MR) is 53.6 cm³/mol. The molecule has 0 N–H and O–H groups in total. The van der Waals surface area contributed by atoms with Crippen molar-refractivity contribution in [2.45, 2.75) is 6.92 Å². The fraction of sp³-hybridized carbons (Fsp3) is 0.111. The Morgan fingerprint density at radius 2 is 2.15 bits per heavy atom. The van der Waals surface area contributed by atoms with Crippen molar-refractivity contribution in [1.82, 2.24) is 0 Å². The third-order valence-corrected chi connectivity index (χ3v) is 1.62. The van der Waals surface area contributed by atoms with Crippen LogP contribution in [0, 0.1) is 6.92 Å². The minimum atomic E-state index is 0.518. The molecule has 4 heteroatoms. The maximum absolute atomic E-state index is 9.97. The summed E-state index contributed by atoms with van der Waals surface area (Å²) in [5, 5.41) is 2.26. The molecular formula is C9H6N2OS. The summed E-state index contributed by atoms with van der Waals surface area (Å²) in [6, 6.07) is 5.17. The molecule has 0 fully saturated rings. The van der Waals surface area contributed by atoms with E-state index in [9.17, 15) is 4.79 Å². The first kappa shape index (κ1) is 9.49. The predicted octanol–water partition coefficient (Wildman–Crippen LogP) is 2.70. The molecule has 0 radical (unpaired) electrons. The van der Waals surface area contributed by atoms with Gasteiger partial charge in [-0.25, -0.2) is 4.79 Å². The Hall–Kier alpha value is -1.60. The van der Waals surface area contributed by atoms with Crippen LogP contribution in [0.15, 0.2) is 28.2 Å². The molecule has 0 bridgehead atoms. The van der Waals surface area contributed by atoms with E-state index in [4.69, 9.17) is 0 Å². The van der Waals surface area contributed by atoms with Crippen LogP contribution in [0.4, 0.5) is 11.4 Å². The van der Waals surface area contributed by atoms with Crippen LogP contribution in [-0.2, 0) is 4.79 Å². The Balaban J connectivity index is 3.25. The molecule has 0 spiro atoms. The van der Waals surface area contributed by atoms with E-state index in [1.165, 1.54) is 6.08 Å². The fourth-order valence-electron chi connectivity index (χ4n) is 0.890. The SMILES string of the molecule is Cc1ccc(N=C=O)cc1N=C=S. The number of isocyanates is 1. The van der Waals surface area contributed by atoms with Crippen molar-refractivity contribution < 1.29 is 4.79 Å². The molecule has 1 rings (SSSR count). The second kappa shape index (κ2) is 4.43. The van der Waals surface area contributed by atoms with E-state index < -0.39 is 0 Å². The third kappa shape index (κ3) is 2.42. The number of hydrogen-bond acceptors (Lipinski definition) is 4. The Labute approximate surface area is 80.8 Å². The van der Waals surface area contributed by atoms with E-state index >= 15 is 0 Å². The highest BCUT2D eigenvalue weighted by atomic mass is 32.1. The average Bonchev–Trinajstić information content (AvgIpc) is 2.12. The van der Waals surface area contributed by atoms with Crippen LogP contribution >= 0.6 is 12.2 Å². The Kier molecular flexibility index (Phi) is 3.23. The molecular weight excluding hydrogens is 184 g/mol. The van der Waals surface area contributed by atoms with Crippen molar-refractivity contribution in [2.24, 2.45) is 9.98 Å². The van der Waals surface area contributed by atoms with Crippen molar-refractivity contribution in [1.29, 1.82) is 0 Å². The molecule has 1 aromatic rings. The number of carbonyl (C=O) groups excluding carboxylic acids is 1. The summed E-state index contributed by atoms with van der Waals surface area (Å²) in [5.41, 5.74) is 2.15. The van der Waals surface area contributed by atoms with Crippen LogP contribution in [-0.4, -0.2) is 11.2 Å². The number of aryl methyl sites for hydroxylation is 1. The van der Waals surface area contributed by atoms with Crippen LogP contribution in [0.1, 0.15) is 5.56 Å². The molecule has 3 nitrogen and oxygen atoms in total. The Morgan fingerprint density at radius 1 is 1.38 bits per heavy atom. The van der Waals surface area contributed by atoms with Gasteiger partial charge in [-0.15, -0.1) is 0 Å². The van der Waals surface area contributed by atoms with Gasteiger partial charge in [-0.05, 0) is 36.8 Å². The second-order valence-corrected chi connectivity index (χ2v) is 2.56. The summed E-state index contributed by atoms with van der Waals surface area (Å²) >= 11 is 4.48. The van der Waals surface area contributed by atoms with Crippen molar-refractivity contribution in [3.63, 3.8) is 0 Å². The minimum Gasteiger partial charge on any atom is -0.211 e. The van der Waals surface area contributed by atoms with E-state index in [-0.39, 0.29) is 0 Å². The lowest BCUT2D eigenvalue weighted by molar-refractivity contribution is 0.565. The zero-order valence-electron chi connectivity index (χ0n) is 6.94. The molecule has 0 aliphatic heterocycles. The fourth-order valence-corrected chi connectivity index (χ4v) is 0.988. The summed E-state index contributed by atoms with van der Waals surface area (Å²) in [5.74, 6) is 0. The normalized spacial score (nSPS) is 8.38. The number of benzene rings is 1. The highest BCUT2D eigenvalue weighted by molar-refractivity contribution is 7.78. The molecule has 0 amide bonds. The quantitative estimate of drug-likeness (QED) is 0.408. The van der Waals surface area contributed by atoms with E-state index in [0.717, 1.165) is 5.56 Å². The standard InChI is InChI=1S/C9H6N2OS/c1-7-2-3-8(10-5-12)4-9(7)11-6-13/h2-4H,1H3. The van der Waals surface area contributed by atoms with Gasteiger partial charge in [-0.1, -0.05) is 6.07 Å². The lowest BCUT2D eigenvalue weighted by atomic mass is 10.2. The summed E-state index contributed by atoms with van der Waals surface area (Å²) in [4.78, 5) is 17.3. The van der Waals surface area contributed by atoms with E-state index in [1.54, 1.807) is 12.1 Å². The molecule has 0 aliphatic carbocycles. The van der Waals surface area contributed by atoms with Crippen molar-refractivity contribution >= 4 is 34.8 Å². The Morgan fingerprint density at radius 3 is 2.77 bits per heavy atom. The molecule has 0 unspecified atom stereocenters. The van der Waals surface area contributed by atoms with Crippen LogP contribution in [0.3, 0.4) is 0 Å². The molecule has 0 saturated heterocycles. The van der Waals surface area contributed by atoms with Crippen molar-refractivity contribution in [2.75, 3.05) is 0 Å². The summed E-state index contributed by atoms with van der Waals surface area (Å²) in [7, 11) is 0. The molecule has 64 valence electrons. The van der Waals surface area contributed by atoms with E-state index in [0.29, 0.717) is 11.4 Å². The number of nitrogens with zero attached hydrogens (tertiary/aromatic N) is 2. The van der Waals surface area contributed by atoms with Crippen LogP contribution in [0.2, 0.25) is 0 Å². The van der Waals surface area contributed by atoms with E-state index in [2.05, 4.69) is 27.4 Å². The number of thiocarbonyl (C=S) groups is 1. The first-order valence-electron chi connectivity index (χ1n) is 3.54. The van der Waals surface area contributed by atoms with Gasteiger partial charge in [0.25, 0.3) is 0 Å². The molecule has 0 aromatic heterocycles. The third-order valence-electron chi connectivity index (χ3n) is 1.53. The maximum atomic E-state index is 9.97. The van der Waals surface area contributed by atoms with Gasteiger partial charge in [-0.3, -0.25) is 0 Å². The lowest BCUT2D eigenvalue weighted by Gasteiger charge is -1.97. The van der Waals surface area contributed by atoms with Crippen LogP contribution in [0.25, 0.3) is 0 Å². The smallest absolute Gasteiger partial charge is 0.211 e. The molecule has 0 atom stereocenters. The van der Waals surface area contributed by atoms with Gasteiger partial charge in [0.1, 0.15) is 0 Å². The highest BCUT2D eigenvalue weighted by Gasteiger charge is 1.96. The van der Waals surface area contributed by atoms with Gasteiger partial charge in [-0.2, -0.15) is 9.98 Å². The van der Waals surface area contributed by atoms with Gasteiger partial charge < -0.3 is 0 Å². The van der Waals surface area contributed by atoms with Gasteiger partial charge in [0.2, 0.25) is 6.08 Å². The summed E-state index contributed by atoms with van der Waals surface area (Å²) < 4.78 is 0. The molecule has 0 heterocycles. The van der Waals surface area contributed by atoms with Crippen molar-refractivity contribution in [3.8, 4) is 0 Å². The highest BCUT2D eigenvalue weighted by Crippen LogP contribution is 2.23. The van der Waals surface area contributed by atoms with E-state index in [1.807, 2.05) is 13.0 Å². The first-order valence-corrected chi connectivity index (χ1v) is 3.95. The first-order chi connectivity index (χ1) is 6.27. The second-order valence-electron chi connectivity index (χ2n) is 2.38. The minimum absolute atomic E-state index is 0.518. The number of hydrogen-bond donors (Lipinski definition) is 0. The summed E-state index contributed by atoms with van der Waals surface area (Å²) in [6.45, 7) is 1.89. The average molecular weight is 190 g/mol. The van der Waals surface area contributed by atoms with Crippen molar-refractivity contribution in [3.05, 3.63) is 23.8 Å². The Bertz CT molecular complexity index is 416. The molecule has 0 saturated carbocycles. The number of aliphatic imine (C=N–C) groups is 2.